The molecule has 0 bridgehead atoms. The van der Waals surface area contributed by atoms with Gasteiger partial charge in [0, 0.05) is 0 Å². The zero-order valence-electron chi connectivity index (χ0n) is 10.9. The second-order valence-corrected chi connectivity index (χ2v) is 7.29. The summed E-state index contributed by atoms with van der Waals surface area (Å²) >= 11 is 0. The zero-order valence-corrected chi connectivity index (χ0v) is 11.7. The number of hydrogen-bond acceptors (Lipinski definition) is 3. The van der Waals surface area contributed by atoms with Gasteiger partial charge in [-0.2, -0.15) is 8.42 Å². The molecule has 0 spiro atoms. The first kappa shape index (κ1) is 15.3. The van der Waals surface area contributed by atoms with Gasteiger partial charge in [-0.3, -0.25) is 0 Å². The molecule has 2 aromatic rings. The van der Waals surface area contributed by atoms with Gasteiger partial charge in [0.05, 0.1) is 7.78 Å². The van der Waals surface area contributed by atoms with E-state index in [0.29, 0.717) is 5.75 Å². The summed E-state index contributed by atoms with van der Waals surface area (Å²) in [4.78, 5) is 0. The van der Waals surface area contributed by atoms with Gasteiger partial charge in [0.25, 0.3) is 0 Å². The molecular weight excluding hydrogens is 262 g/mol. The molecule has 0 saturated carbocycles. The van der Waals surface area contributed by atoms with Crippen LogP contribution in [0.2, 0.25) is 0 Å². The van der Waals surface area contributed by atoms with Crippen LogP contribution in [-0.4, -0.2) is 8.42 Å². The zero-order chi connectivity index (χ0) is 12.1. The van der Waals surface area contributed by atoms with Crippen LogP contribution in [0.3, 0.4) is 0 Å². The fourth-order valence-corrected chi connectivity index (χ4v) is 3.99. The summed E-state index contributed by atoms with van der Waals surface area (Å²) in [5.74, 6) is 0.343. The summed E-state index contributed by atoms with van der Waals surface area (Å²) in [6, 6.07) is 17.5. The first-order valence-electron chi connectivity index (χ1n) is 4.98. The molecule has 2 rings (SSSR count). The Kier molecular flexibility index (Phi) is 5.91. The minimum Gasteiger partial charge on any atom is -1.00 e. The van der Waals surface area contributed by atoms with E-state index in [1.165, 1.54) is 0 Å². The molecule has 3 nitrogen and oxygen atoms in total. The van der Waals surface area contributed by atoms with Crippen molar-refractivity contribution < 1.29 is 32.9 Å². The monoisotopic (exact) mass is 274 g/mol. The molecule has 0 aliphatic carbocycles. The Morgan fingerprint density at radius 2 is 1.39 bits per heavy atom. The second kappa shape index (κ2) is 6.97. The van der Waals surface area contributed by atoms with Gasteiger partial charge in [-0.15, -0.1) is 0 Å². The predicted octanol–water partition coefficient (Wildman–Crippen LogP) is -0.569. The van der Waals surface area contributed by atoms with E-state index in [4.69, 9.17) is 4.18 Å². The van der Waals surface area contributed by atoms with E-state index in [2.05, 4.69) is 0 Å². The van der Waals surface area contributed by atoms with E-state index in [-0.39, 0.29) is 20.3 Å². The molecule has 0 heterocycles. The third-order valence-electron chi connectivity index (χ3n) is 1.97. The SMILES string of the molecule is O=S(=O)(Oc1ccccc1)Pc1ccccc1.[H-].[Li+]. The van der Waals surface area contributed by atoms with E-state index in [9.17, 15) is 8.42 Å². The first-order chi connectivity index (χ1) is 8.16. The fourth-order valence-electron chi connectivity index (χ4n) is 1.27. The van der Waals surface area contributed by atoms with Crippen LogP contribution in [0.1, 0.15) is 1.43 Å². The molecule has 0 aliphatic heterocycles. The number of para-hydroxylation sites is 1. The van der Waals surface area contributed by atoms with Gasteiger partial charge in [-0.05, 0) is 17.4 Å². The normalized spacial score (nSPS) is 11.1. The van der Waals surface area contributed by atoms with E-state index >= 15 is 0 Å². The Morgan fingerprint density at radius 3 is 1.94 bits per heavy atom. The van der Waals surface area contributed by atoms with Crippen molar-refractivity contribution in [3.8, 4) is 5.75 Å². The molecule has 0 aromatic heterocycles. The van der Waals surface area contributed by atoms with Crippen LogP contribution >= 0.6 is 7.78 Å². The third kappa shape index (κ3) is 4.84. The molecule has 18 heavy (non-hydrogen) atoms. The average Bonchev–Trinajstić information content (AvgIpc) is 2.30. The molecule has 0 saturated heterocycles. The van der Waals surface area contributed by atoms with Crippen molar-refractivity contribution in [3.05, 3.63) is 60.7 Å². The number of benzene rings is 2. The average molecular weight is 274 g/mol. The summed E-state index contributed by atoms with van der Waals surface area (Å²) in [5.41, 5.74) is 0. The third-order valence-corrected chi connectivity index (χ3v) is 4.90. The molecular formula is C12H12LiO3PS. The van der Waals surface area contributed by atoms with Crippen LogP contribution in [-0.2, 0) is 9.74 Å². The first-order valence-corrected chi connectivity index (χ1v) is 8.11. The Labute approximate surface area is 122 Å². The molecule has 2 aromatic carbocycles. The number of hydrogen-bond donors (Lipinski definition) is 0. The van der Waals surface area contributed by atoms with Gasteiger partial charge in [0.15, 0.2) is 0 Å². The van der Waals surface area contributed by atoms with Crippen molar-refractivity contribution in [3.63, 3.8) is 0 Å². The molecule has 1 unspecified atom stereocenters. The van der Waals surface area contributed by atoms with Crippen LogP contribution < -0.4 is 28.3 Å². The van der Waals surface area contributed by atoms with Crippen molar-refractivity contribution in [1.29, 1.82) is 0 Å². The molecule has 1 atom stereocenters. The van der Waals surface area contributed by atoms with Crippen molar-refractivity contribution in [2.45, 2.75) is 0 Å². The van der Waals surface area contributed by atoms with Gasteiger partial charge in [0.1, 0.15) is 5.75 Å². The van der Waals surface area contributed by atoms with Crippen molar-refractivity contribution in [2.75, 3.05) is 0 Å². The van der Waals surface area contributed by atoms with Crippen molar-refractivity contribution >= 4 is 22.8 Å². The summed E-state index contributed by atoms with van der Waals surface area (Å²) in [6.45, 7) is 0. The Morgan fingerprint density at radius 1 is 0.889 bits per heavy atom. The molecule has 0 N–H and O–H groups in total. The van der Waals surface area contributed by atoms with Gasteiger partial charge >= 0.3 is 28.6 Å². The van der Waals surface area contributed by atoms with Crippen LogP contribution in [0, 0.1) is 0 Å². The largest absolute Gasteiger partial charge is 1.00 e. The molecule has 0 amide bonds. The Bertz CT molecular complexity index is 531. The summed E-state index contributed by atoms with van der Waals surface area (Å²) in [5, 5.41) is 0.739. The standard InChI is InChI=1S/C12H11O3PS.Li.H/c13-17(14,15-11-7-3-1-4-8-11)16-12-9-5-2-6-10-12;;/h1-10,16H;;/q;+1;-1. The second-order valence-electron chi connectivity index (χ2n) is 3.32. The predicted molar refractivity (Wildman–Crippen MR) is 71.5 cm³/mol. The maximum atomic E-state index is 11.8. The molecule has 0 fully saturated rings. The minimum atomic E-state index is -3.56. The molecule has 0 aliphatic rings. The van der Waals surface area contributed by atoms with Gasteiger partial charge in [-0.25, -0.2) is 0 Å². The van der Waals surface area contributed by atoms with Gasteiger partial charge in [0.2, 0.25) is 0 Å². The van der Waals surface area contributed by atoms with E-state index in [1.807, 2.05) is 6.07 Å². The minimum absolute atomic E-state index is 0. The van der Waals surface area contributed by atoms with Crippen LogP contribution in [0.15, 0.2) is 60.7 Å². The van der Waals surface area contributed by atoms with E-state index in [0.717, 1.165) is 5.30 Å². The fraction of sp³-hybridized carbons (Fsp3) is 0. The molecule has 6 heteroatoms. The number of rotatable bonds is 4. The van der Waals surface area contributed by atoms with Crippen LogP contribution in [0.5, 0.6) is 5.75 Å². The quantitative estimate of drug-likeness (QED) is 0.554. The van der Waals surface area contributed by atoms with E-state index in [1.54, 1.807) is 54.6 Å². The summed E-state index contributed by atoms with van der Waals surface area (Å²) < 4.78 is 28.5. The summed E-state index contributed by atoms with van der Waals surface area (Å²) in [6.07, 6.45) is 0. The Balaban J connectivity index is 0.00000162. The van der Waals surface area contributed by atoms with E-state index < -0.39 is 17.5 Å². The van der Waals surface area contributed by atoms with Gasteiger partial charge in [-0.1, -0.05) is 48.5 Å². The van der Waals surface area contributed by atoms with Crippen LogP contribution in [0.4, 0.5) is 0 Å². The van der Waals surface area contributed by atoms with Crippen LogP contribution in [0.25, 0.3) is 0 Å². The van der Waals surface area contributed by atoms with Gasteiger partial charge < -0.3 is 5.61 Å². The molecule has 0 radical (unpaired) electrons. The smallest absolute Gasteiger partial charge is 1.00 e. The molecule has 90 valence electrons. The topological polar surface area (TPSA) is 43.4 Å². The van der Waals surface area contributed by atoms with Crippen molar-refractivity contribution in [1.82, 2.24) is 0 Å². The maximum absolute atomic E-state index is 11.8. The summed E-state index contributed by atoms with van der Waals surface area (Å²) in [7, 11) is -3.95. The van der Waals surface area contributed by atoms with Crippen molar-refractivity contribution in [2.24, 2.45) is 0 Å². The Hall–Kier alpha value is -0.783. The maximum Gasteiger partial charge on any atom is 1.00 e.